The van der Waals surface area contributed by atoms with E-state index in [-0.39, 0.29) is 11.9 Å². The summed E-state index contributed by atoms with van der Waals surface area (Å²) in [6, 6.07) is 18.1. The van der Waals surface area contributed by atoms with E-state index in [1.54, 1.807) is 29.7 Å². The van der Waals surface area contributed by atoms with Crippen LogP contribution in [0.2, 0.25) is 0 Å². The number of anilines is 1. The summed E-state index contributed by atoms with van der Waals surface area (Å²) >= 11 is 1.64. The van der Waals surface area contributed by atoms with Gasteiger partial charge in [-0.15, -0.1) is 11.3 Å². The third-order valence-electron chi connectivity index (χ3n) is 5.65. The fraction of sp³-hybridized carbons (Fsp3) is 0.172. The van der Waals surface area contributed by atoms with Crippen molar-refractivity contribution < 1.29 is 4.79 Å². The molecule has 4 rings (SSSR count). The number of amides is 1. The van der Waals surface area contributed by atoms with E-state index in [1.165, 1.54) is 13.4 Å². The average Bonchev–Trinajstić information content (AvgIpc) is 3.38. The maximum Gasteiger partial charge on any atom is 0.248 e. The van der Waals surface area contributed by atoms with Crippen LogP contribution in [-0.4, -0.2) is 29.6 Å². The summed E-state index contributed by atoms with van der Waals surface area (Å²) in [4.78, 5) is 27.4. The van der Waals surface area contributed by atoms with Crippen molar-refractivity contribution in [2.24, 2.45) is 10.7 Å². The van der Waals surface area contributed by atoms with Crippen LogP contribution in [0.5, 0.6) is 0 Å². The lowest BCUT2D eigenvalue weighted by atomic mass is 10.0. The van der Waals surface area contributed by atoms with Gasteiger partial charge in [-0.05, 0) is 69.1 Å². The summed E-state index contributed by atoms with van der Waals surface area (Å²) in [7, 11) is 1.50. The van der Waals surface area contributed by atoms with Crippen LogP contribution in [0.1, 0.15) is 29.0 Å². The molecule has 2 aromatic carbocycles. The number of nitrogens with zero attached hydrogens (tertiary/aromatic N) is 3. The number of benzene rings is 2. The van der Waals surface area contributed by atoms with Crippen molar-refractivity contribution in [3.63, 3.8) is 0 Å². The lowest BCUT2D eigenvalue weighted by molar-refractivity contribution is -0.118. The molecule has 0 saturated heterocycles. The number of nitrogens with one attached hydrogen (secondary N) is 1. The highest BCUT2D eigenvalue weighted by molar-refractivity contribution is 7.15. The molecule has 0 fully saturated rings. The normalized spacial score (nSPS) is 12.2. The van der Waals surface area contributed by atoms with E-state index in [9.17, 15) is 4.79 Å². The summed E-state index contributed by atoms with van der Waals surface area (Å²) in [6.45, 7) is 7.50. The number of aliphatic imine (C=N–C) groups is 1. The fourth-order valence-electron chi connectivity index (χ4n) is 3.79. The number of nitrogens with two attached hydrogens (primary N) is 2. The monoisotopic (exact) mass is 512 g/mol. The first kappa shape index (κ1) is 27.4. The molecule has 7 nitrogen and oxygen atoms in total. The van der Waals surface area contributed by atoms with E-state index in [4.69, 9.17) is 5.73 Å². The lowest BCUT2D eigenvalue weighted by Crippen LogP contribution is -2.28. The molecule has 0 aliphatic heterocycles. The van der Waals surface area contributed by atoms with E-state index in [2.05, 4.69) is 50.9 Å². The Balaban J connectivity index is 0.00000186. The third kappa shape index (κ3) is 7.19. The van der Waals surface area contributed by atoms with Gasteiger partial charge in [0.1, 0.15) is 12.1 Å². The van der Waals surface area contributed by atoms with Crippen molar-refractivity contribution in [2.75, 3.05) is 12.8 Å². The number of aromatic nitrogens is 2. The van der Waals surface area contributed by atoms with Crippen molar-refractivity contribution in [1.29, 1.82) is 0 Å². The van der Waals surface area contributed by atoms with Crippen molar-refractivity contribution in [3.8, 4) is 10.4 Å². The van der Waals surface area contributed by atoms with Gasteiger partial charge >= 0.3 is 0 Å². The topological polar surface area (TPSA) is 119 Å². The first-order valence-electron chi connectivity index (χ1n) is 11.8. The standard InChI is InChI=1S/C28H27N5OS.CH5N/c1-18-6-4-7-20(14-18)19(2)33-28(34)22(8-5-13-30-3)15-23-10-12-26(35-23)21-9-11-25-24(16-21)27(29)32-17-31-25;1-2/h4-14,16-17,19H,3,15H2,1-2H3,(H,33,34)(H2,29,31,32);2H2,1H3/b13-5-,22-8+;. The molecule has 1 unspecified atom stereocenters. The van der Waals surface area contributed by atoms with Gasteiger partial charge < -0.3 is 16.8 Å². The van der Waals surface area contributed by atoms with Crippen LogP contribution >= 0.6 is 11.3 Å². The van der Waals surface area contributed by atoms with Gasteiger partial charge in [-0.1, -0.05) is 42.0 Å². The Morgan fingerprint density at radius 2 is 1.97 bits per heavy atom. The second-order valence-electron chi connectivity index (χ2n) is 8.26. The molecule has 0 aliphatic carbocycles. The van der Waals surface area contributed by atoms with Gasteiger partial charge in [0.2, 0.25) is 5.91 Å². The zero-order valence-corrected chi connectivity index (χ0v) is 22.1. The molecule has 0 aliphatic rings. The van der Waals surface area contributed by atoms with E-state index in [0.717, 1.165) is 37.3 Å². The number of hydrogen-bond donors (Lipinski definition) is 3. The van der Waals surface area contributed by atoms with Crippen LogP contribution in [0.3, 0.4) is 0 Å². The van der Waals surface area contributed by atoms with Crippen molar-refractivity contribution in [1.82, 2.24) is 15.3 Å². The number of carbonyl (C=O) groups excluding carboxylic acids is 1. The van der Waals surface area contributed by atoms with Crippen molar-refractivity contribution in [3.05, 3.63) is 101 Å². The van der Waals surface area contributed by atoms with Crippen LogP contribution in [0.4, 0.5) is 5.82 Å². The van der Waals surface area contributed by atoms with Crippen LogP contribution in [0.25, 0.3) is 21.3 Å². The van der Waals surface area contributed by atoms with Gasteiger partial charge in [-0.2, -0.15) is 0 Å². The Hall–Kier alpha value is -4.14. The maximum absolute atomic E-state index is 13.2. The molecule has 2 aromatic heterocycles. The average molecular weight is 513 g/mol. The molecule has 0 saturated carbocycles. The highest BCUT2D eigenvalue weighted by Crippen LogP contribution is 2.32. The molecule has 37 heavy (non-hydrogen) atoms. The van der Waals surface area contributed by atoms with Crippen LogP contribution < -0.4 is 16.8 Å². The first-order chi connectivity index (χ1) is 17.9. The number of fused-ring (bicyclic) bond motifs is 1. The summed E-state index contributed by atoms with van der Waals surface area (Å²) in [6.07, 6.45) is 7.06. The third-order valence-corrected chi connectivity index (χ3v) is 6.78. The minimum atomic E-state index is -0.114. The predicted octanol–water partition coefficient (Wildman–Crippen LogP) is 5.38. The quantitative estimate of drug-likeness (QED) is 0.166. The molecule has 4 aromatic rings. The van der Waals surface area contributed by atoms with Gasteiger partial charge in [0.25, 0.3) is 0 Å². The smallest absolute Gasteiger partial charge is 0.248 e. The van der Waals surface area contributed by atoms with Gasteiger partial charge in [0.15, 0.2) is 0 Å². The molecule has 8 heteroatoms. The van der Waals surface area contributed by atoms with E-state index < -0.39 is 0 Å². The van der Waals surface area contributed by atoms with Crippen molar-refractivity contribution in [2.45, 2.75) is 26.3 Å². The number of rotatable bonds is 8. The Labute approximate surface area is 221 Å². The molecule has 5 N–H and O–H groups in total. The Morgan fingerprint density at radius 1 is 1.16 bits per heavy atom. The fourth-order valence-corrected chi connectivity index (χ4v) is 4.82. The zero-order valence-electron chi connectivity index (χ0n) is 21.3. The van der Waals surface area contributed by atoms with Crippen LogP contribution in [0, 0.1) is 6.92 Å². The zero-order chi connectivity index (χ0) is 26.8. The predicted molar refractivity (Wildman–Crippen MR) is 156 cm³/mol. The summed E-state index contributed by atoms with van der Waals surface area (Å²) in [5.74, 6) is 0.346. The molecule has 0 spiro atoms. The van der Waals surface area contributed by atoms with Gasteiger partial charge in [-0.3, -0.25) is 9.79 Å². The number of nitrogen functional groups attached to an aromatic ring is 1. The Bertz CT molecular complexity index is 1440. The van der Waals surface area contributed by atoms with E-state index >= 15 is 0 Å². The molecule has 1 atom stereocenters. The number of carbonyl (C=O) groups is 1. The second-order valence-corrected chi connectivity index (χ2v) is 9.43. The largest absolute Gasteiger partial charge is 0.383 e. The summed E-state index contributed by atoms with van der Waals surface area (Å²) in [5.41, 5.74) is 15.3. The number of hydrogen-bond acceptors (Lipinski definition) is 7. The Kier molecular flexibility index (Phi) is 9.83. The number of thiophene rings is 1. The molecular formula is C29H32N6OS. The van der Waals surface area contributed by atoms with Crippen LogP contribution in [0.15, 0.2) is 89.8 Å². The van der Waals surface area contributed by atoms with Gasteiger partial charge in [0, 0.05) is 33.3 Å². The highest BCUT2D eigenvalue weighted by Gasteiger charge is 2.16. The SMILES string of the molecule is C=N/C=C\C=C(/Cc1ccc(-c2ccc3ncnc(N)c3c2)s1)C(=O)NC(C)c1cccc(C)c1.CN. The minimum absolute atomic E-state index is 0.113. The molecule has 190 valence electrons. The number of allylic oxidation sites excluding steroid dienone is 2. The molecule has 2 heterocycles. The molecule has 0 bridgehead atoms. The second kappa shape index (κ2) is 13.2. The summed E-state index contributed by atoms with van der Waals surface area (Å²) in [5, 5.41) is 3.95. The molecule has 1 amide bonds. The molecule has 0 radical (unpaired) electrons. The summed E-state index contributed by atoms with van der Waals surface area (Å²) < 4.78 is 0. The highest BCUT2D eigenvalue weighted by atomic mass is 32.1. The van der Waals surface area contributed by atoms with E-state index in [1.807, 2.05) is 50.2 Å². The van der Waals surface area contributed by atoms with Crippen molar-refractivity contribution >= 4 is 40.7 Å². The molecular weight excluding hydrogens is 480 g/mol. The number of aryl methyl sites for hydroxylation is 1. The first-order valence-corrected chi connectivity index (χ1v) is 12.6. The van der Waals surface area contributed by atoms with E-state index in [0.29, 0.717) is 17.8 Å². The maximum atomic E-state index is 13.2. The van der Waals surface area contributed by atoms with Crippen LogP contribution in [-0.2, 0) is 11.2 Å². The van der Waals surface area contributed by atoms with Gasteiger partial charge in [0.05, 0.1) is 11.6 Å². The van der Waals surface area contributed by atoms with Gasteiger partial charge in [-0.25, -0.2) is 9.97 Å². The lowest BCUT2D eigenvalue weighted by Gasteiger charge is -2.16. The minimum Gasteiger partial charge on any atom is -0.383 e. The Morgan fingerprint density at radius 3 is 2.73 bits per heavy atom.